The summed E-state index contributed by atoms with van der Waals surface area (Å²) in [5.74, 6) is 0.809. The Morgan fingerprint density at radius 2 is 1.70 bits per heavy atom. The second-order valence-corrected chi connectivity index (χ2v) is 9.66. The normalized spacial score (nSPS) is 33.8. The molecular weight excluding hydrogens is 426 g/mol. The Balaban J connectivity index is 2.17. The first-order valence-corrected chi connectivity index (χ1v) is 11.4. The number of allylic oxidation sites excluding steroid dienone is 1. The second kappa shape index (κ2) is 9.70. The van der Waals surface area contributed by atoms with E-state index in [0.29, 0.717) is 36.5 Å². The first-order chi connectivity index (χ1) is 15.5. The van der Waals surface area contributed by atoms with Crippen molar-refractivity contribution in [2.75, 3.05) is 39.9 Å². The third-order valence-electron chi connectivity index (χ3n) is 7.29. The maximum absolute atomic E-state index is 12.0. The van der Waals surface area contributed by atoms with Gasteiger partial charge in [-0.15, -0.1) is 0 Å². The van der Waals surface area contributed by atoms with E-state index in [1.807, 2.05) is 30.9 Å². The molecule has 0 unspecified atom stereocenters. The molecule has 8 heteroatoms. The van der Waals surface area contributed by atoms with E-state index < -0.39 is 35.4 Å². The fourth-order valence-electron chi connectivity index (χ4n) is 5.74. The maximum Gasteiger partial charge on any atom is 0.203 e. The van der Waals surface area contributed by atoms with Crippen LogP contribution in [0.2, 0.25) is 0 Å². The molecule has 3 N–H and O–H groups in total. The van der Waals surface area contributed by atoms with E-state index in [4.69, 9.17) is 18.9 Å². The summed E-state index contributed by atoms with van der Waals surface area (Å²) in [5, 5.41) is 34.5. The molecule has 186 valence electrons. The van der Waals surface area contributed by atoms with Crippen LogP contribution in [-0.4, -0.2) is 79.8 Å². The molecular formula is C25H39NO7. The Labute approximate surface area is 196 Å². The van der Waals surface area contributed by atoms with Gasteiger partial charge in [0.1, 0.15) is 0 Å². The lowest BCUT2D eigenvalue weighted by Gasteiger charge is -2.61. The SMILES string of the molecule is COc1cc(N2C[C@@]3(O)CC[C@@H](O)[C@@H](OC)[C@@H]3[C@@](C)(O)[C@@H]2CC=C(C)C)cc(OC)c1OC. The lowest BCUT2D eigenvalue weighted by molar-refractivity contribution is -0.232. The lowest BCUT2D eigenvalue weighted by Crippen LogP contribution is -2.75. The van der Waals surface area contributed by atoms with E-state index in [9.17, 15) is 15.3 Å². The highest BCUT2D eigenvalue weighted by molar-refractivity contribution is 5.65. The van der Waals surface area contributed by atoms with E-state index in [2.05, 4.69) is 6.08 Å². The van der Waals surface area contributed by atoms with Crippen LogP contribution < -0.4 is 19.1 Å². The number of methoxy groups -OCH3 is 4. The molecule has 8 nitrogen and oxygen atoms in total. The number of β-amino-alcohol motifs (C(OH)–C–C–N with tert-alkyl or cyclic N) is 1. The number of anilines is 1. The third-order valence-corrected chi connectivity index (χ3v) is 7.29. The molecule has 0 aromatic heterocycles. The minimum atomic E-state index is -1.37. The molecule has 1 saturated heterocycles. The molecule has 0 amide bonds. The van der Waals surface area contributed by atoms with E-state index >= 15 is 0 Å². The number of hydrogen-bond acceptors (Lipinski definition) is 8. The zero-order valence-corrected chi connectivity index (χ0v) is 20.8. The van der Waals surface area contributed by atoms with Crippen LogP contribution in [-0.2, 0) is 4.74 Å². The second-order valence-electron chi connectivity index (χ2n) is 9.66. The fourth-order valence-corrected chi connectivity index (χ4v) is 5.74. The van der Waals surface area contributed by atoms with Crippen LogP contribution in [0.4, 0.5) is 5.69 Å². The van der Waals surface area contributed by atoms with Gasteiger partial charge < -0.3 is 39.2 Å². The fraction of sp³-hybridized carbons (Fsp3) is 0.680. The van der Waals surface area contributed by atoms with E-state index in [1.54, 1.807) is 28.3 Å². The summed E-state index contributed by atoms with van der Waals surface area (Å²) in [6, 6.07) is 3.27. The van der Waals surface area contributed by atoms with Crippen molar-refractivity contribution in [3.63, 3.8) is 0 Å². The van der Waals surface area contributed by atoms with Crippen molar-refractivity contribution in [2.24, 2.45) is 5.92 Å². The average Bonchev–Trinajstić information content (AvgIpc) is 2.77. The summed E-state index contributed by atoms with van der Waals surface area (Å²) in [4.78, 5) is 2.02. The van der Waals surface area contributed by atoms with Gasteiger partial charge in [0.15, 0.2) is 11.5 Å². The third kappa shape index (κ3) is 4.54. The summed E-state index contributed by atoms with van der Waals surface area (Å²) in [6.45, 7) is 6.03. The Hall–Kier alpha value is -2.00. The number of ether oxygens (including phenoxy) is 4. The molecule has 2 aliphatic rings. The number of benzene rings is 1. The zero-order chi connectivity index (χ0) is 24.6. The van der Waals surface area contributed by atoms with Crippen molar-refractivity contribution in [1.82, 2.24) is 0 Å². The lowest BCUT2D eigenvalue weighted by atomic mass is 9.59. The average molecular weight is 466 g/mol. The minimum Gasteiger partial charge on any atom is -0.493 e. The highest BCUT2D eigenvalue weighted by Gasteiger charge is 2.63. The quantitative estimate of drug-likeness (QED) is 0.528. The molecule has 1 aliphatic carbocycles. The van der Waals surface area contributed by atoms with Crippen molar-refractivity contribution in [3.8, 4) is 17.2 Å². The Morgan fingerprint density at radius 3 is 2.18 bits per heavy atom. The predicted molar refractivity (Wildman–Crippen MR) is 126 cm³/mol. The van der Waals surface area contributed by atoms with Gasteiger partial charge in [-0.1, -0.05) is 11.6 Å². The molecule has 1 aliphatic heterocycles. The summed E-state index contributed by atoms with van der Waals surface area (Å²) >= 11 is 0. The van der Waals surface area contributed by atoms with Gasteiger partial charge in [0.2, 0.25) is 5.75 Å². The molecule has 1 heterocycles. The molecule has 1 aromatic carbocycles. The van der Waals surface area contributed by atoms with Crippen molar-refractivity contribution in [3.05, 3.63) is 23.8 Å². The predicted octanol–water partition coefficient (Wildman–Crippen LogP) is 2.53. The molecule has 3 rings (SSSR count). The van der Waals surface area contributed by atoms with Gasteiger partial charge in [-0.25, -0.2) is 0 Å². The van der Waals surface area contributed by atoms with Gasteiger partial charge in [0.05, 0.1) is 50.8 Å². The van der Waals surface area contributed by atoms with Crippen LogP contribution in [0, 0.1) is 5.92 Å². The number of aliphatic hydroxyl groups excluding tert-OH is 1. The first-order valence-electron chi connectivity index (χ1n) is 11.4. The molecule has 1 saturated carbocycles. The standard InChI is InChI=1S/C25H39NO7/c1-15(2)8-9-20-24(3,28)23-21(32-6)17(27)10-11-25(23,29)14-26(20)16-12-18(30-4)22(33-7)19(13-16)31-5/h8,12-13,17,20-21,23,27-29H,9-11,14H2,1-7H3/t17-,20+,21-,23-,24+,25+/m1/s1. The summed E-state index contributed by atoms with van der Waals surface area (Å²) in [7, 11) is 6.19. The number of aliphatic hydroxyl groups is 3. The number of rotatable bonds is 7. The van der Waals surface area contributed by atoms with Gasteiger partial charge in [0, 0.05) is 37.4 Å². The Kier molecular flexibility index (Phi) is 7.53. The Bertz CT molecular complexity index is 841. The highest BCUT2D eigenvalue weighted by atomic mass is 16.5. The smallest absolute Gasteiger partial charge is 0.203 e. The van der Waals surface area contributed by atoms with Gasteiger partial charge in [-0.05, 0) is 40.0 Å². The van der Waals surface area contributed by atoms with Crippen LogP contribution in [0.15, 0.2) is 23.8 Å². The van der Waals surface area contributed by atoms with Crippen molar-refractivity contribution in [2.45, 2.75) is 69.5 Å². The monoisotopic (exact) mass is 465 g/mol. The van der Waals surface area contributed by atoms with Crippen LogP contribution in [0.1, 0.15) is 40.0 Å². The Morgan fingerprint density at radius 1 is 1.09 bits per heavy atom. The molecule has 0 bridgehead atoms. The van der Waals surface area contributed by atoms with Gasteiger partial charge in [0.25, 0.3) is 0 Å². The van der Waals surface area contributed by atoms with E-state index in [0.717, 1.165) is 11.3 Å². The van der Waals surface area contributed by atoms with Gasteiger partial charge in [-0.2, -0.15) is 0 Å². The van der Waals surface area contributed by atoms with Crippen LogP contribution in [0.3, 0.4) is 0 Å². The van der Waals surface area contributed by atoms with Crippen molar-refractivity contribution in [1.29, 1.82) is 0 Å². The van der Waals surface area contributed by atoms with Crippen LogP contribution in [0.5, 0.6) is 17.2 Å². The zero-order valence-electron chi connectivity index (χ0n) is 20.8. The number of hydrogen-bond donors (Lipinski definition) is 3. The van der Waals surface area contributed by atoms with Gasteiger partial charge >= 0.3 is 0 Å². The first kappa shape index (κ1) is 25.6. The molecule has 6 atom stereocenters. The maximum atomic E-state index is 12.0. The molecule has 0 spiro atoms. The van der Waals surface area contributed by atoms with E-state index in [-0.39, 0.29) is 6.54 Å². The number of fused-ring (bicyclic) bond motifs is 1. The summed E-state index contributed by atoms with van der Waals surface area (Å²) in [5.41, 5.74) is -0.764. The summed E-state index contributed by atoms with van der Waals surface area (Å²) < 4.78 is 22.2. The largest absolute Gasteiger partial charge is 0.493 e. The van der Waals surface area contributed by atoms with Gasteiger partial charge in [-0.3, -0.25) is 0 Å². The minimum absolute atomic E-state index is 0.264. The number of piperidine rings is 1. The van der Waals surface area contributed by atoms with E-state index in [1.165, 1.54) is 7.11 Å². The molecule has 2 fully saturated rings. The van der Waals surface area contributed by atoms with Crippen LogP contribution >= 0.6 is 0 Å². The molecule has 33 heavy (non-hydrogen) atoms. The number of nitrogens with zero attached hydrogens (tertiary/aromatic N) is 1. The van der Waals surface area contributed by atoms with Crippen molar-refractivity contribution < 1.29 is 34.3 Å². The highest BCUT2D eigenvalue weighted by Crippen LogP contribution is 2.51. The molecule has 0 radical (unpaired) electrons. The summed E-state index contributed by atoms with van der Waals surface area (Å²) in [6.07, 6.45) is 1.95. The topological polar surface area (TPSA) is 101 Å². The molecule has 1 aromatic rings. The van der Waals surface area contributed by atoms with Crippen molar-refractivity contribution >= 4 is 5.69 Å². The van der Waals surface area contributed by atoms with Crippen LogP contribution in [0.25, 0.3) is 0 Å².